The Kier molecular flexibility index (Phi) is 4.90. The molecule has 5 nitrogen and oxygen atoms in total. The highest BCUT2D eigenvalue weighted by atomic mass is 19.1. The van der Waals surface area contributed by atoms with E-state index in [2.05, 4.69) is 10.4 Å². The molecular formula is C19H18FN3O2. The Morgan fingerprint density at radius 3 is 2.64 bits per heavy atom. The van der Waals surface area contributed by atoms with Crippen LogP contribution in [0.15, 0.2) is 54.9 Å². The number of benzene rings is 2. The number of amides is 1. The normalized spacial score (nSPS) is 10.7. The van der Waals surface area contributed by atoms with E-state index in [1.165, 1.54) is 6.07 Å². The molecule has 128 valence electrons. The van der Waals surface area contributed by atoms with Gasteiger partial charge in [0.25, 0.3) is 5.91 Å². The zero-order chi connectivity index (χ0) is 17.8. The average Bonchev–Trinajstić information content (AvgIpc) is 3.07. The van der Waals surface area contributed by atoms with Crippen molar-refractivity contribution < 1.29 is 14.3 Å². The minimum atomic E-state index is -0.456. The second-order valence-electron chi connectivity index (χ2n) is 5.78. The molecule has 25 heavy (non-hydrogen) atoms. The molecule has 3 rings (SSSR count). The second kappa shape index (κ2) is 7.27. The number of carbonyl (C=O) groups is 1. The first-order valence-electron chi connectivity index (χ1n) is 7.85. The molecule has 1 heterocycles. The van der Waals surface area contributed by atoms with Crippen LogP contribution in [0, 0.1) is 12.7 Å². The number of carbonyl (C=O) groups excluding carboxylic acids is 1. The van der Waals surface area contributed by atoms with E-state index in [-0.39, 0.29) is 24.6 Å². The quantitative estimate of drug-likeness (QED) is 0.751. The molecule has 0 atom stereocenters. The summed E-state index contributed by atoms with van der Waals surface area (Å²) in [6.07, 6.45) is 3.67. The summed E-state index contributed by atoms with van der Waals surface area (Å²) in [5.41, 5.74) is 3.39. The number of halogens is 1. The third-order valence-corrected chi connectivity index (χ3v) is 3.84. The zero-order valence-electron chi connectivity index (χ0n) is 13.7. The van der Waals surface area contributed by atoms with E-state index < -0.39 is 5.82 Å². The average molecular weight is 339 g/mol. The summed E-state index contributed by atoms with van der Waals surface area (Å²) in [4.78, 5) is 12.2. The minimum Gasteiger partial charge on any atom is -0.392 e. The molecule has 0 unspecified atom stereocenters. The summed E-state index contributed by atoms with van der Waals surface area (Å²) in [5.74, 6) is -0.680. The molecule has 1 amide bonds. The summed E-state index contributed by atoms with van der Waals surface area (Å²) < 4.78 is 15.1. The monoisotopic (exact) mass is 339 g/mol. The third kappa shape index (κ3) is 3.92. The molecule has 0 aliphatic carbocycles. The van der Waals surface area contributed by atoms with Gasteiger partial charge in [-0.25, -0.2) is 9.07 Å². The molecule has 0 spiro atoms. The van der Waals surface area contributed by atoms with Crippen LogP contribution >= 0.6 is 0 Å². The van der Waals surface area contributed by atoms with Crippen LogP contribution in [0.25, 0.3) is 5.69 Å². The van der Waals surface area contributed by atoms with Gasteiger partial charge in [-0.1, -0.05) is 6.07 Å². The Morgan fingerprint density at radius 1 is 1.24 bits per heavy atom. The number of aromatic nitrogens is 2. The van der Waals surface area contributed by atoms with Crippen molar-refractivity contribution in [2.75, 3.05) is 0 Å². The van der Waals surface area contributed by atoms with E-state index in [0.717, 1.165) is 16.8 Å². The maximum atomic E-state index is 13.4. The highest BCUT2D eigenvalue weighted by Crippen LogP contribution is 2.12. The molecule has 0 bridgehead atoms. The van der Waals surface area contributed by atoms with Crippen molar-refractivity contribution in [3.63, 3.8) is 0 Å². The van der Waals surface area contributed by atoms with Crippen LogP contribution < -0.4 is 5.32 Å². The van der Waals surface area contributed by atoms with Gasteiger partial charge in [0.05, 0.1) is 18.5 Å². The van der Waals surface area contributed by atoms with Crippen LogP contribution in [-0.2, 0) is 13.2 Å². The van der Waals surface area contributed by atoms with Gasteiger partial charge < -0.3 is 10.4 Å². The molecule has 0 radical (unpaired) electrons. The van der Waals surface area contributed by atoms with Crippen LogP contribution in [0.4, 0.5) is 4.39 Å². The number of aliphatic hydroxyl groups is 1. The third-order valence-electron chi connectivity index (χ3n) is 3.84. The van der Waals surface area contributed by atoms with E-state index in [4.69, 9.17) is 5.11 Å². The van der Waals surface area contributed by atoms with Crippen molar-refractivity contribution in [2.45, 2.75) is 20.1 Å². The molecule has 0 fully saturated rings. The number of nitrogens with one attached hydrogen (secondary N) is 1. The Hall–Kier alpha value is -2.99. The second-order valence-corrected chi connectivity index (χ2v) is 5.78. The van der Waals surface area contributed by atoms with E-state index in [0.29, 0.717) is 5.56 Å². The van der Waals surface area contributed by atoms with E-state index in [1.54, 1.807) is 35.1 Å². The number of hydrogen-bond donors (Lipinski definition) is 2. The number of hydrogen-bond acceptors (Lipinski definition) is 3. The first-order chi connectivity index (χ1) is 12.1. The van der Waals surface area contributed by atoms with Crippen LogP contribution in [-0.4, -0.2) is 20.8 Å². The van der Waals surface area contributed by atoms with Crippen LogP contribution in [0.2, 0.25) is 0 Å². The molecule has 0 saturated carbocycles. The van der Waals surface area contributed by atoms with Gasteiger partial charge in [-0.15, -0.1) is 0 Å². The number of rotatable bonds is 5. The minimum absolute atomic E-state index is 0.214. The topological polar surface area (TPSA) is 67.2 Å². The van der Waals surface area contributed by atoms with Crippen molar-refractivity contribution in [1.82, 2.24) is 15.1 Å². The van der Waals surface area contributed by atoms with Crippen molar-refractivity contribution in [2.24, 2.45) is 0 Å². The van der Waals surface area contributed by atoms with Gasteiger partial charge >= 0.3 is 0 Å². The summed E-state index contributed by atoms with van der Waals surface area (Å²) in [6, 6.07) is 11.5. The maximum absolute atomic E-state index is 13.4. The Morgan fingerprint density at radius 2 is 2.00 bits per heavy atom. The molecule has 0 saturated heterocycles. The molecule has 3 aromatic rings. The Labute approximate surface area is 144 Å². The van der Waals surface area contributed by atoms with Gasteiger partial charge in [-0.05, 0) is 54.4 Å². The molecule has 2 aromatic carbocycles. The van der Waals surface area contributed by atoms with Crippen molar-refractivity contribution >= 4 is 5.91 Å². The van der Waals surface area contributed by atoms with Gasteiger partial charge in [0.1, 0.15) is 5.82 Å². The molecule has 1 aromatic heterocycles. The van der Waals surface area contributed by atoms with Crippen LogP contribution in [0.5, 0.6) is 0 Å². The highest BCUT2D eigenvalue weighted by Gasteiger charge is 2.08. The largest absolute Gasteiger partial charge is 0.392 e. The lowest BCUT2D eigenvalue weighted by molar-refractivity contribution is 0.0951. The lowest BCUT2D eigenvalue weighted by Crippen LogP contribution is -2.22. The predicted octanol–water partition coefficient (Wildman–Crippen LogP) is 2.74. The first-order valence-corrected chi connectivity index (χ1v) is 7.85. The van der Waals surface area contributed by atoms with Crippen molar-refractivity contribution in [1.29, 1.82) is 0 Å². The molecular weight excluding hydrogens is 321 g/mol. The van der Waals surface area contributed by atoms with E-state index in [9.17, 15) is 9.18 Å². The molecule has 0 aliphatic heterocycles. The SMILES string of the molecule is Cc1cnn(-c2ccc(C(=O)NCc3ccc(F)c(CO)c3)cc2)c1. The van der Waals surface area contributed by atoms with E-state index in [1.807, 2.05) is 25.3 Å². The lowest BCUT2D eigenvalue weighted by atomic mass is 10.1. The fourth-order valence-electron chi connectivity index (χ4n) is 2.46. The molecule has 0 aliphatic rings. The molecule has 2 N–H and O–H groups in total. The zero-order valence-corrected chi connectivity index (χ0v) is 13.7. The predicted molar refractivity (Wildman–Crippen MR) is 91.8 cm³/mol. The summed E-state index contributed by atoms with van der Waals surface area (Å²) in [7, 11) is 0. The van der Waals surface area contributed by atoms with Gasteiger partial charge in [-0.3, -0.25) is 4.79 Å². The molecule has 6 heteroatoms. The summed E-state index contributed by atoms with van der Waals surface area (Å²) in [5, 5.41) is 16.1. The van der Waals surface area contributed by atoms with E-state index >= 15 is 0 Å². The fourth-order valence-corrected chi connectivity index (χ4v) is 2.46. The van der Waals surface area contributed by atoms with Crippen molar-refractivity contribution in [3.05, 3.63) is 82.9 Å². The Balaban J connectivity index is 1.65. The van der Waals surface area contributed by atoms with Gasteiger partial charge in [0.2, 0.25) is 0 Å². The standard InChI is InChI=1S/C19H18FN3O2/c1-13-9-22-23(11-13)17-5-3-15(4-6-17)19(25)21-10-14-2-7-18(20)16(8-14)12-24/h2-9,11,24H,10,12H2,1H3,(H,21,25). The maximum Gasteiger partial charge on any atom is 0.251 e. The fraction of sp³-hybridized carbons (Fsp3) is 0.158. The summed E-state index contributed by atoms with van der Waals surface area (Å²) in [6.45, 7) is 1.84. The van der Waals surface area contributed by atoms with Crippen LogP contribution in [0.3, 0.4) is 0 Å². The first kappa shape index (κ1) is 16.9. The lowest BCUT2D eigenvalue weighted by Gasteiger charge is -2.08. The summed E-state index contributed by atoms with van der Waals surface area (Å²) >= 11 is 0. The number of aryl methyl sites for hydroxylation is 1. The number of aliphatic hydroxyl groups excluding tert-OH is 1. The Bertz CT molecular complexity index is 888. The van der Waals surface area contributed by atoms with Crippen molar-refractivity contribution in [3.8, 4) is 5.69 Å². The highest BCUT2D eigenvalue weighted by molar-refractivity contribution is 5.94. The van der Waals surface area contributed by atoms with Gasteiger partial charge in [-0.2, -0.15) is 5.10 Å². The van der Waals surface area contributed by atoms with Gasteiger partial charge in [0.15, 0.2) is 0 Å². The van der Waals surface area contributed by atoms with Crippen LogP contribution in [0.1, 0.15) is 27.0 Å². The smallest absolute Gasteiger partial charge is 0.251 e. The van der Waals surface area contributed by atoms with Gasteiger partial charge in [0, 0.05) is 23.9 Å². The number of nitrogens with zero attached hydrogens (tertiary/aromatic N) is 2.